The zero-order valence-corrected chi connectivity index (χ0v) is 20.6. The summed E-state index contributed by atoms with van der Waals surface area (Å²) in [5.74, 6) is -0.614. The van der Waals surface area contributed by atoms with Gasteiger partial charge in [0, 0.05) is 36.4 Å². The van der Waals surface area contributed by atoms with Crippen LogP contribution in [-0.2, 0) is 14.3 Å². The molecule has 3 rings (SSSR count). The van der Waals surface area contributed by atoms with Crippen molar-refractivity contribution in [3.05, 3.63) is 23.8 Å². The largest absolute Gasteiger partial charge is 0.490 e. The van der Waals surface area contributed by atoms with Gasteiger partial charge < -0.3 is 49.2 Å². The van der Waals surface area contributed by atoms with Crippen molar-refractivity contribution in [2.75, 3.05) is 19.0 Å². The topological polar surface area (TPSA) is 158 Å². The first kappa shape index (κ1) is 27.0. The first-order chi connectivity index (χ1) is 15.9. The number of nitrogens with one attached hydrogen (secondary N) is 1. The van der Waals surface area contributed by atoms with E-state index in [2.05, 4.69) is 5.32 Å². The smallest absolute Gasteiger partial charge is 0.256 e. The van der Waals surface area contributed by atoms with E-state index in [4.69, 9.17) is 14.2 Å². The van der Waals surface area contributed by atoms with Crippen LogP contribution in [0.5, 0.6) is 5.75 Å². The summed E-state index contributed by atoms with van der Waals surface area (Å²) < 4.78 is 31.9. The molecule has 0 spiro atoms. The minimum absolute atomic E-state index is 0.150. The Hall–Kier alpha value is -1.64. The zero-order valence-electron chi connectivity index (χ0n) is 19.6. The highest BCUT2D eigenvalue weighted by molar-refractivity contribution is 6.72. The molecule has 0 saturated carbocycles. The molecule has 12 heteroatoms. The summed E-state index contributed by atoms with van der Waals surface area (Å²) in [6.07, 6.45) is -9.40. The maximum atomic E-state index is 15.1. The number of hydrogen-bond acceptors (Lipinski definition) is 9. The van der Waals surface area contributed by atoms with Gasteiger partial charge in [0.05, 0.1) is 6.10 Å². The Morgan fingerprint density at radius 3 is 2.47 bits per heavy atom. The molecule has 9 atom stereocenters. The van der Waals surface area contributed by atoms with E-state index in [9.17, 15) is 30.3 Å². The number of fused-ring (bicyclic) bond motifs is 1. The predicted octanol–water partition coefficient (Wildman–Crippen LogP) is 0.437. The molecular formula is C22H34FNO9Si. The molecule has 192 valence electrons. The lowest BCUT2D eigenvalue weighted by Crippen LogP contribution is -2.60. The summed E-state index contributed by atoms with van der Waals surface area (Å²) in [5, 5.41) is 51.2. The first-order valence-electron chi connectivity index (χ1n) is 11.2. The lowest BCUT2D eigenvalue weighted by Gasteiger charge is -2.43. The molecule has 1 unspecified atom stereocenters. The van der Waals surface area contributed by atoms with Crippen LogP contribution in [0.3, 0.4) is 0 Å². The SMILES string of the molecule is CO[C@H]1c2cc(NC(=O)[C@H]3O[C@@H](O)[C@H](O)[C@@H](O)[C@@H]3O)ccc2O[C@@H](C(CCO)[Si](C)(C)F)[C@@H]1C. The number of aliphatic hydroxyl groups excluding tert-OH is 5. The van der Waals surface area contributed by atoms with E-state index in [1.54, 1.807) is 31.3 Å². The molecule has 6 N–H and O–H groups in total. The second-order valence-electron chi connectivity index (χ2n) is 9.44. The Balaban J connectivity index is 1.83. The summed E-state index contributed by atoms with van der Waals surface area (Å²) in [6.45, 7) is 4.92. The van der Waals surface area contributed by atoms with E-state index < -0.39 is 62.8 Å². The molecule has 0 aliphatic carbocycles. The van der Waals surface area contributed by atoms with Crippen LogP contribution in [0.15, 0.2) is 18.2 Å². The van der Waals surface area contributed by atoms with Gasteiger partial charge in [0.15, 0.2) is 12.4 Å². The molecule has 2 aliphatic rings. The minimum Gasteiger partial charge on any atom is -0.490 e. The van der Waals surface area contributed by atoms with Gasteiger partial charge in [-0.3, -0.25) is 4.79 Å². The van der Waals surface area contributed by atoms with E-state index in [0.29, 0.717) is 17.0 Å². The summed E-state index contributed by atoms with van der Waals surface area (Å²) in [5.41, 5.74) is 0.500. The first-order valence-corrected chi connectivity index (χ1v) is 14.2. The van der Waals surface area contributed by atoms with Crippen molar-refractivity contribution in [3.8, 4) is 5.75 Å². The van der Waals surface area contributed by atoms with Crippen molar-refractivity contribution in [2.45, 2.75) is 74.9 Å². The van der Waals surface area contributed by atoms with E-state index in [1.165, 1.54) is 7.11 Å². The van der Waals surface area contributed by atoms with Crippen LogP contribution in [0.1, 0.15) is 25.0 Å². The standard InChI is InChI=1S/C22H34FNO9Si/c1-10-18(31-2)12-9-11(24-21(29)20-16(27)15(26)17(28)22(30)33-20)5-6-13(12)32-19(10)14(7-8-25)34(3,4)23/h5-6,9-10,14-20,22,25-28,30H,7-8H2,1-4H3,(H,24,29)/t10-,14?,15+,16+,17-,18-,19-,20+,22-/m1/s1. The number of carbonyl (C=O) groups is 1. The van der Waals surface area contributed by atoms with Gasteiger partial charge in [-0.15, -0.1) is 0 Å². The average Bonchev–Trinajstić information content (AvgIpc) is 2.77. The highest BCUT2D eigenvalue weighted by Gasteiger charge is 2.48. The van der Waals surface area contributed by atoms with Crippen LogP contribution in [-0.4, -0.2) is 90.4 Å². The number of aliphatic hydroxyl groups is 5. The van der Waals surface area contributed by atoms with Crippen LogP contribution >= 0.6 is 0 Å². The van der Waals surface area contributed by atoms with Crippen molar-refractivity contribution in [3.63, 3.8) is 0 Å². The van der Waals surface area contributed by atoms with Crippen molar-refractivity contribution >= 4 is 20.0 Å². The van der Waals surface area contributed by atoms with Crippen molar-refractivity contribution in [1.29, 1.82) is 0 Å². The van der Waals surface area contributed by atoms with Gasteiger partial charge in [0.2, 0.25) is 8.41 Å². The number of ether oxygens (including phenoxy) is 3. The lowest BCUT2D eigenvalue weighted by atomic mass is 9.86. The molecule has 2 aliphatic heterocycles. The van der Waals surface area contributed by atoms with Crippen LogP contribution in [0, 0.1) is 5.92 Å². The number of halogens is 1. The summed E-state index contributed by atoms with van der Waals surface area (Å²) in [7, 11) is -1.64. The fourth-order valence-corrected chi connectivity index (χ4v) is 6.75. The van der Waals surface area contributed by atoms with Gasteiger partial charge in [0.1, 0.15) is 30.2 Å². The van der Waals surface area contributed by atoms with Gasteiger partial charge in [-0.1, -0.05) is 6.92 Å². The second kappa shape index (κ2) is 10.5. The molecule has 1 amide bonds. The monoisotopic (exact) mass is 503 g/mol. The Labute approximate surface area is 198 Å². The average molecular weight is 504 g/mol. The fourth-order valence-electron chi connectivity index (χ4n) is 4.78. The van der Waals surface area contributed by atoms with Crippen molar-refractivity contribution in [1.82, 2.24) is 0 Å². The fraction of sp³-hybridized carbons (Fsp3) is 0.682. The Bertz CT molecular complexity index is 869. The van der Waals surface area contributed by atoms with E-state index in [-0.39, 0.29) is 18.9 Å². The molecule has 1 aromatic carbocycles. The highest BCUT2D eigenvalue weighted by Crippen LogP contribution is 2.47. The molecule has 10 nitrogen and oxygen atoms in total. The van der Waals surface area contributed by atoms with Crippen LogP contribution in [0.25, 0.3) is 0 Å². The van der Waals surface area contributed by atoms with E-state index in [0.717, 1.165) is 0 Å². The molecule has 1 saturated heterocycles. The van der Waals surface area contributed by atoms with Crippen molar-refractivity contribution in [2.24, 2.45) is 5.92 Å². The Morgan fingerprint density at radius 2 is 1.88 bits per heavy atom. The second-order valence-corrected chi connectivity index (χ2v) is 13.3. The Morgan fingerprint density at radius 1 is 1.21 bits per heavy atom. The molecule has 1 fully saturated rings. The molecule has 1 aromatic rings. The molecule has 0 aromatic heterocycles. The van der Waals surface area contributed by atoms with Crippen LogP contribution in [0.4, 0.5) is 9.80 Å². The van der Waals surface area contributed by atoms with Gasteiger partial charge >= 0.3 is 0 Å². The molecule has 34 heavy (non-hydrogen) atoms. The number of anilines is 1. The number of amides is 1. The molecule has 0 bridgehead atoms. The quantitative estimate of drug-likeness (QED) is 0.229. The lowest BCUT2D eigenvalue weighted by molar-refractivity contribution is -0.274. The Kier molecular flexibility index (Phi) is 8.36. The zero-order chi connectivity index (χ0) is 25.4. The van der Waals surface area contributed by atoms with Gasteiger partial charge in [-0.2, -0.15) is 0 Å². The highest BCUT2D eigenvalue weighted by atomic mass is 28.4. The normalized spacial score (nSPS) is 34.6. The summed E-state index contributed by atoms with van der Waals surface area (Å²) in [4.78, 5) is 12.7. The summed E-state index contributed by atoms with van der Waals surface area (Å²) in [6, 6.07) is 4.79. The molecule has 0 radical (unpaired) electrons. The molecule has 2 heterocycles. The third-order valence-corrected chi connectivity index (χ3v) is 9.04. The minimum atomic E-state index is -3.17. The predicted molar refractivity (Wildman–Crippen MR) is 121 cm³/mol. The number of carbonyl (C=O) groups excluding carboxylic acids is 1. The van der Waals surface area contributed by atoms with Gasteiger partial charge in [0.25, 0.3) is 5.91 Å². The van der Waals surface area contributed by atoms with Crippen LogP contribution in [0.2, 0.25) is 18.6 Å². The van der Waals surface area contributed by atoms with E-state index >= 15 is 4.11 Å². The van der Waals surface area contributed by atoms with Gasteiger partial charge in [-0.25, -0.2) is 0 Å². The third-order valence-electron chi connectivity index (χ3n) is 6.66. The number of methoxy groups -OCH3 is 1. The summed E-state index contributed by atoms with van der Waals surface area (Å²) >= 11 is 0. The van der Waals surface area contributed by atoms with Crippen molar-refractivity contribution < 1.29 is 48.6 Å². The van der Waals surface area contributed by atoms with Gasteiger partial charge in [-0.05, 0) is 37.7 Å². The number of benzene rings is 1. The maximum Gasteiger partial charge on any atom is 0.256 e. The third kappa shape index (κ3) is 5.29. The van der Waals surface area contributed by atoms with E-state index in [1.807, 2.05) is 6.92 Å². The van der Waals surface area contributed by atoms with Crippen LogP contribution < -0.4 is 10.1 Å². The molecular weight excluding hydrogens is 469 g/mol. The number of rotatable bonds is 7. The maximum absolute atomic E-state index is 15.1. The number of hydrogen-bond donors (Lipinski definition) is 6.